The Kier molecular flexibility index (Phi) is 4.87. The number of aromatic nitrogens is 2. The molecule has 122 valence electrons. The van der Waals surface area contributed by atoms with Crippen molar-refractivity contribution in [3.63, 3.8) is 0 Å². The number of hydrogen-bond donors (Lipinski definition) is 1. The zero-order chi connectivity index (χ0) is 17.1. The van der Waals surface area contributed by atoms with Crippen LogP contribution in [0.25, 0.3) is 16.6 Å². The second-order valence-electron chi connectivity index (χ2n) is 4.97. The van der Waals surface area contributed by atoms with E-state index in [4.69, 9.17) is 11.6 Å². The van der Waals surface area contributed by atoms with Crippen molar-refractivity contribution >= 4 is 40.2 Å². The SMILES string of the molecule is CNC(=O)CSc1nc2ccccc2c(=O)n1-c1ccccc1Cl. The van der Waals surface area contributed by atoms with Crippen LogP contribution in [0.3, 0.4) is 0 Å². The third kappa shape index (κ3) is 3.16. The van der Waals surface area contributed by atoms with Crippen LogP contribution >= 0.6 is 23.4 Å². The van der Waals surface area contributed by atoms with Gasteiger partial charge in [0.15, 0.2) is 5.16 Å². The number of amides is 1. The summed E-state index contributed by atoms with van der Waals surface area (Å²) in [5.74, 6) is 0.0132. The predicted octanol–water partition coefficient (Wildman–Crippen LogP) is 2.88. The fourth-order valence-electron chi connectivity index (χ4n) is 2.26. The minimum Gasteiger partial charge on any atom is -0.358 e. The smallest absolute Gasteiger partial charge is 0.266 e. The molecule has 2 aromatic carbocycles. The molecule has 1 heterocycles. The van der Waals surface area contributed by atoms with E-state index in [9.17, 15) is 9.59 Å². The summed E-state index contributed by atoms with van der Waals surface area (Å²) in [6.45, 7) is 0. The van der Waals surface area contributed by atoms with Crippen molar-refractivity contribution in [3.8, 4) is 5.69 Å². The average molecular weight is 360 g/mol. The van der Waals surface area contributed by atoms with Crippen molar-refractivity contribution in [2.45, 2.75) is 5.16 Å². The van der Waals surface area contributed by atoms with E-state index in [-0.39, 0.29) is 17.2 Å². The topological polar surface area (TPSA) is 64.0 Å². The molecule has 0 fully saturated rings. The molecule has 0 bridgehead atoms. The molecule has 1 amide bonds. The average Bonchev–Trinajstić information content (AvgIpc) is 2.61. The summed E-state index contributed by atoms with van der Waals surface area (Å²) in [6, 6.07) is 14.2. The molecule has 0 saturated heterocycles. The van der Waals surface area contributed by atoms with Gasteiger partial charge in [-0.05, 0) is 24.3 Å². The summed E-state index contributed by atoms with van der Waals surface area (Å²) < 4.78 is 1.46. The van der Waals surface area contributed by atoms with Gasteiger partial charge < -0.3 is 5.32 Å². The fraction of sp³-hybridized carbons (Fsp3) is 0.118. The zero-order valence-corrected chi connectivity index (χ0v) is 14.4. The number of nitrogens with one attached hydrogen (secondary N) is 1. The van der Waals surface area contributed by atoms with Gasteiger partial charge in [0.25, 0.3) is 5.56 Å². The van der Waals surface area contributed by atoms with Gasteiger partial charge in [-0.2, -0.15) is 0 Å². The van der Waals surface area contributed by atoms with Crippen molar-refractivity contribution in [1.82, 2.24) is 14.9 Å². The third-order valence-electron chi connectivity index (χ3n) is 3.45. The van der Waals surface area contributed by atoms with E-state index >= 15 is 0 Å². The van der Waals surface area contributed by atoms with Crippen LogP contribution in [0.2, 0.25) is 5.02 Å². The number of carbonyl (C=O) groups excluding carboxylic acids is 1. The van der Waals surface area contributed by atoms with Gasteiger partial charge in [-0.15, -0.1) is 0 Å². The molecule has 0 radical (unpaired) electrons. The molecule has 1 N–H and O–H groups in total. The maximum atomic E-state index is 13.0. The van der Waals surface area contributed by atoms with E-state index in [0.717, 1.165) is 0 Å². The van der Waals surface area contributed by atoms with Crippen LogP contribution in [-0.2, 0) is 4.79 Å². The molecule has 0 aliphatic rings. The zero-order valence-electron chi connectivity index (χ0n) is 12.8. The Hall–Kier alpha value is -2.31. The molecule has 0 spiro atoms. The molecule has 5 nitrogen and oxygen atoms in total. The number of hydrogen-bond acceptors (Lipinski definition) is 4. The number of halogens is 1. The molecular weight excluding hydrogens is 346 g/mol. The highest BCUT2D eigenvalue weighted by atomic mass is 35.5. The maximum absolute atomic E-state index is 13.0. The summed E-state index contributed by atoms with van der Waals surface area (Å²) in [7, 11) is 1.57. The lowest BCUT2D eigenvalue weighted by Crippen LogP contribution is -2.24. The molecule has 3 rings (SSSR count). The van der Waals surface area contributed by atoms with Gasteiger partial charge in [-0.3, -0.25) is 14.2 Å². The number of nitrogens with zero attached hydrogens (tertiary/aromatic N) is 2. The lowest BCUT2D eigenvalue weighted by atomic mass is 10.2. The van der Waals surface area contributed by atoms with Crippen LogP contribution in [0, 0.1) is 0 Å². The summed E-state index contributed by atoms with van der Waals surface area (Å²) in [6.07, 6.45) is 0. The van der Waals surface area contributed by atoms with E-state index in [1.165, 1.54) is 16.3 Å². The van der Waals surface area contributed by atoms with Crippen molar-refractivity contribution in [2.75, 3.05) is 12.8 Å². The Morgan fingerprint density at radius 2 is 1.92 bits per heavy atom. The highest BCUT2D eigenvalue weighted by Crippen LogP contribution is 2.25. The van der Waals surface area contributed by atoms with Crippen LogP contribution in [0.1, 0.15) is 0 Å². The first-order valence-corrected chi connectivity index (χ1v) is 8.58. The largest absolute Gasteiger partial charge is 0.358 e. The Morgan fingerprint density at radius 1 is 1.21 bits per heavy atom. The minimum absolute atomic E-state index is 0.145. The first-order chi connectivity index (χ1) is 11.6. The molecule has 3 aromatic rings. The van der Waals surface area contributed by atoms with Crippen LogP contribution in [-0.4, -0.2) is 28.3 Å². The normalized spacial score (nSPS) is 10.8. The first kappa shape index (κ1) is 16.5. The molecule has 0 aliphatic heterocycles. The first-order valence-electron chi connectivity index (χ1n) is 7.22. The summed E-state index contributed by atoms with van der Waals surface area (Å²) >= 11 is 7.46. The van der Waals surface area contributed by atoms with Gasteiger partial charge in [-0.25, -0.2) is 4.98 Å². The number of thioether (sulfide) groups is 1. The standard InChI is InChI=1S/C17H14ClN3O2S/c1-19-15(22)10-24-17-20-13-8-4-2-6-11(13)16(23)21(17)14-9-5-3-7-12(14)18/h2-9H,10H2,1H3,(H,19,22). The van der Waals surface area contributed by atoms with Crippen molar-refractivity contribution in [1.29, 1.82) is 0 Å². The number of benzene rings is 2. The van der Waals surface area contributed by atoms with Crippen molar-refractivity contribution in [2.24, 2.45) is 0 Å². The molecule has 0 atom stereocenters. The van der Waals surface area contributed by atoms with Crippen LogP contribution in [0.15, 0.2) is 58.5 Å². The highest BCUT2D eigenvalue weighted by molar-refractivity contribution is 7.99. The quantitative estimate of drug-likeness (QED) is 0.574. The van der Waals surface area contributed by atoms with Gasteiger partial charge in [0.05, 0.1) is 27.4 Å². The Labute approximate surface area is 147 Å². The fourth-order valence-corrected chi connectivity index (χ4v) is 3.35. The van der Waals surface area contributed by atoms with E-state index < -0.39 is 0 Å². The molecule has 0 saturated carbocycles. The number of fused-ring (bicyclic) bond motifs is 1. The van der Waals surface area contributed by atoms with E-state index in [2.05, 4.69) is 10.3 Å². The molecule has 0 aliphatic carbocycles. The van der Waals surface area contributed by atoms with Crippen LogP contribution < -0.4 is 10.9 Å². The molecular formula is C17H14ClN3O2S. The summed E-state index contributed by atoms with van der Waals surface area (Å²) in [5.41, 5.74) is 0.917. The number of carbonyl (C=O) groups is 1. The molecule has 7 heteroatoms. The number of para-hydroxylation sites is 2. The molecule has 0 unspecified atom stereocenters. The molecule has 24 heavy (non-hydrogen) atoms. The third-order valence-corrected chi connectivity index (χ3v) is 4.71. The van der Waals surface area contributed by atoms with Crippen LogP contribution in [0.5, 0.6) is 0 Å². The Bertz CT molecular complexity index is 971. The van der Waals surface area contributed by atoms with E-state index in [1.807, 2.05) is 6.07 Å². The van der Waals surface area contributed by atoms with Gasteiger partial charge in [-0.1, -0.05) is 47.6 Å². The second kappa shape index (κ2) is 7.07. The van der Waals surface area contributed by atoms with E-state index in [0.29, 0.717) is 26.8 Å². The predicted molar refractivity (Wildman–Crippen MR) is 97.1 cm³/mol. The highest BCUT2D eigenvalue weighted by Gasteiger charge is 2.16. The van der Waals surface area contributed by atoms with Gasteiger partial charge >= 0.3 is 0 Å². The summed E-state index contributed by atoms with van der Waals surface area (Å²) in [4.78, 5) is 29.1. The maximum Gasteiger partial charge on any atom is 0.266 e. The second-order valence-corrected chi connectivity index (χ2v) is 6.32. The lowest BCUT2D eigenvalue weighted by molar-refractivity contribution is -0.118. The Balaban J connectivity index is 2.24. The monoisotopic (exact) mass is 359 g/mol. The van der Waals surface area contributed by atoms with E-state index in [1.54, 1.807) is 49.5 Å². The van der Waals surface area contributed by atoms with Gasteiger partial charge in [0.2, 0.25) is 5.91 Å². The Morgan fingerprint density at radius 3 is 2.67 bits per heavy atom. The summed E-state index contributed by atoms with van der Waals surface area (Å²) in [5, 5.41) is 3.93. The van der Waals surface area contributed by atoms with Gasteiger partial charge in [0, 0.05) is 7.05 Å². The molecule has 1 aromatic heterocycles. The lowest BCUT2D eigenvalue weighted by Gasteiger charge is -2.14. The van der Waals surface area contributed by atoms with Crippen molar-refractivity contribution < 1.29 is 4.79 Å². The van der Waals surface area contributed by atoms with Crippen LogP contribution in [0.4, 0.5) is 0 Å². The minimum atomic E-state index is -0.215. The number of rotatable bonds is 4. The van der Waals surface area contributed by atoms with Crippen molar-refractivity contribution in [3.05, 3.63) is 63.9 Å². The van der Waals surface area contributed by atoms with Gasteiger partial charge in [0.1, 0.15) is 0 Å².